The molecule has 0 radical (unpaired) electrons. The van der Waals surface area contributed by atoms with Gasteiger partial charge in [0.2, 0.25) is 0 Å². The van der Waals surface area contributed by atoms with Crippen molar-refractivity contribution in [3.8, 4) is 11.5 Å². The zero-order valence-electron chi connectivity index (χ0n) is 18.9. The summed E-state index contributed by atoms with van der Waals surface area (Å²) in [6.07, 6.45) is 3.15. The van der Waals surface area contributed by atoms with Crippen LogP contribution in [-0.2, 0) is 14.8 Å². The Morgan fingerprint density at radius 3 is 2.41 bits per heavy atom. The summed E-state index contributed by atoms with van der Waals surface area (Å²) < 4.78 is 32.9. The van der Waals surface area contributed by atoms with Crippen molar-refractivity contribution in [2.24, 2.45) is 5.10 Å². The SMILES string of the molecule is COc1cccc(/C=N\NC(=O)CN(c2ccc(C)cc2)S(=O)(=O)c2ccc(SC)cc2)c1O. The molecule has 10 heteroatoms. The highest BCUT2D eigenvalue weighted by molar-refractivity contribution is 7.98. The number of carbonyl (C=O) groups is 1. The summed E-state index contributed by atoms with van der Waals surface area (Å²) in [5.41, 5.74) is 3.96. The van der Waals surface area contributed by atoms with Crippen LogP contribution >= 0.6 is 11.8 Å². The number of benzene rings is 3. The fourth-order valence-corrected chi connectivity index (χ4v) is 4.88. The Morgan fingerprint density at radius 1 is 1.12 bits per heavy atom. The molecular formula is C24H25N3O5S2. The molecule has 0 heterocycles. The molecule has 0 unspecified atom stereocenters. The number of nitrogens with zero attached hydrogens (tertiary/aromatic N) is 2. The van der Waals surface area contributed by atoms with Gasteiger partial charge in [-0.1, -0.05) is 23.8 Å². The van der Waals surface area contributed by atoms with E-state index in [1.165, 1.54) is 37.2 Å². The molecule has 2 N–H and O–H groups in total. The molecule has 0 aliphatic rings. The zero-order valence-corrected chi connectivity index (χ0v) is 20.6. The molecule has 0 bridgehead atoms. The minimum atomic E-state index is -4.03. The molecule has 0 fully saturated rings. The van der Waals surface area contributed by atoms with Gasteiger partial charge < -0.3 is 9.84 Å². The summed E-state index contributed by atoms with van der Waals surface area (Å²) in [7, 11) is -2.60. The molecule has 3 aromatic rings. The van der Waals surface area contributed by atoms with E-state index in [0.29, 0.717) is 11.3 Å². The van der Waals surface area contributed by atoms with Crippen molar-refractivity contribution in [3.05, 3.63) is 77.9 Å². The Morgan fingerprint density at radius 2 is 1.79 bits per heavy atom. The molecule has 3 rings (SSSR count). The summed E-state index contributed by atoms with van der Waals surface area (Å²) >= 11 is 1.50. The van der Waals surface area contributed by atoms with E-state index in [9.17, 15) is 18.3 Å². The van der Waals surface area contributed by atoms with Gasteiger partial charge in [0.05, 0.1) is 23.9 Å². The second-order valence-corrected chi connectivity index (χ2v) is 9.96. The Balaban J connectivity index is 1.84. The van der Waals surface area contributed by atoms with E-state index in [1.54, 1.807) is 54.6 Å². The lowest BCUT2D eigenvalue weighted by Crippen LogP contribution is -2.39. The number of sulfonamides is 1. The number of phenols is 1. The number of rotatable bonds is 9. The maximum Gasteiger partial charge on any atom is 0.264 e. The van der Waals surface area contributed by atoms with Gasteiger partial charge in [0.25, 0.3) is 15.9 Å². The number of para-hydroxylation sites is 1. The van der Waals surface area contributed by atoms with Gasteiger partial charge in [-0.15, -0.1) is 11.8 Å². The number of methoxy groups -OCH3 is 1. The standard InChI is InChI=1S/C24H25N3O5S2/c1-17-7-9-19(10-8-17)27(34(30,31)21-13-11-20(33-3)12-14-21)16-23(28)26-25-15-18-5-4-6-22(32-2)24(18)29/h4-15,29H,16H2,1-3H3,(H,26,28)/b25-15-. The topological polar surface area (TPSA) is 108 Å². The average molecular weight is 500 g/mol. The molecule has 0 spiro atoms. The van der Waals surface area contributed by atoms with E-state index >= 15 is 0 Å². The van der Waals surface area contributed by atoms with Crippen molar-refractivity contribution < 1.29 is 23.1 Å². The molecule has 0 atom stereocenters. The van der Waals surface area contributed by atoms with E-state index in [1.807, 2.05) is 13.2 Å². The first-order valence-corrected chi connectivity index (χ1v) is 12.8. The normalized spacial score (nSPS) is 11.4. The van der Waals surface area contributed by atoms with Crippen molar-refractivity contribution in [2.45, 2.75) is 16.7 Å². The Labute approximate surface area is 203 Å². The molecule has 0 aliphatic heterocycles. The molecule has 178 valence electrons. The molecular weight excluding hydrogens is 474 g/mol. The highest BCUT2D eigenvalue weighted by atomic mass is 32.2. The fraction of sp³-hybridized carbons (Fsp3) is 0.167. The molecule has 34 heavy (non-hydrogen) atoms. The van der Waals surface area contributed by atoms with Crippen LogP contribution in [0.5, 0.6) is 11.5 Å². The van der Waals surface area contributed by atoms with Crippen LogP contribution in [0, 0.1) is 6.92 Å². The van der Waals surface area contributed by atoms with Crippen LogP contribution < -0.4 is 14.5 Å². The third-order valence-corrected chi connectivity index (χ3v) is 7.43. The summed E-state index contributed by atoms with van der Waals surface area (Å²) in [6, 6.07) is 18.2. The number of hydrazone groups is 1. The number of hydrogen-bond acceptors (Lipinski definition) is 7. The number of aromatic hydroxyl groups is 1. The number of aryl methyl sites for hydroxylation is 1. The number of amides is 1. The minimum Gasteiger partial charge on any atom is -0.504 e. The second kappa shape index (κ2) is 11.1. The molecule has 0 saturated heterocycles. The predicted molar refractivity (Wildman–Crippen MR) is 134 cm³/mol. The van der Waals surface area contributed by atoms with Crippen molar-refractivity contribution >= 4 is 39.6 Å². The zero-order chi connectivity index (χ0) is 24.7. The van der Waals surface area contributed by atoms with Crippen LogP contribution in [0.4, 0.5) is 5.69 Å². The predicted octanol–water partition coefficient (Wildman–Crippen LogP) is 3.78. The van der Waals surface area contributed by atoms with Gasteiger partial charge in [0, 0.05) is 10.5 Å². The van der Waals surface area contributed by atoms with Gasteiger partial charge in [0.1, 0.15) is 6.54 Å². The van der Waals surface area contributed by atoms with E-state index in [-0.39, 0.29) is 16.4 Å². The first-order chi connectivity index (χ1) is 16.3. The number of hydrogen-bond donors (Lipinski definition) is 2. The largest absolute Gasteiger partial charge is 0.504 e. The van der Waals surface area contributed by atoms with Gasteiger partial charge in [0.15, 0.2) is 11.5 Å². The second-order valence-electron chi connectivity index (χ2n) is 7.21. The fourth-order valence-electron chi connectivity index (χ4n) is 3.05. The van der Waals surface area contributed by atoms with E-state index in [2.05, 4.69) is 10.5 Å². The highest BCUT2D eigenvalue weighted by Crippen LogP contribution is 2.28. The summed E-state index contributed by atoms with van der Waals surface area (Å²) in [4.78, 5) is 13.6. The van der Waals surface area contributed by atoms with Crippen LogP contribution in [0.1, 0.15) is 11.1 Å². The molecule has 0 saturated carbocycles. The molecule has 3 aromatic carbocycles. The van der Waals surface area contributed by atoms with Crippen LogP contribution in [-0.4, -0.2) is 45.6 Å². The van der Waals surface area contributed by atoms with Crippen LogP contribution in [0.15, 0.2) is 81.6 Å². The lowest BCUT2D eigenvalue weighted by Gasteiger charge is -2.24. The number of nitrogens with one attached hydrogen (secondary N) is 1. The molecule has 0 aromatic heterocycles. The first kappa shape index (κ1) is 25.1. The summed E-state index contributed by atoms with van der Waals surface area (Å²) in [5.74, 6) is -0.511. The van der Waals surface area contributed by atoms with E-state index in [0.717, 1.165) is 14.8 Å². The third-order valence-electron chi connectivity index (χ3n) is 4.90. The maximum atomic E-state index is 13.4. The number of anilines is 1. The van der Waals surface area contributed by atoms with Gasteiger partial charge in [-0.05, 0) is 61.7 Å². The monoisotopic (exact) mass is 499 g/mol. The molecule has 8 nitrogen and oxygen atoms in total. The highest BCUT2D eigenvalue weighted by Gasteiger charge is 2.27. The Kier molecular flexibility index (Phi) is 8.19. The Bertz CT molecular complexity index is 1270. The van der Waals surface area contributed by atoms with E-state index < -0.39 is 22.5 Å². The van der Waals surface area contributed by atoms with Gasteiger partial charge in [-0.3, -0.25) is 9.10 Å². The van der Waals surface area contributed by atoms with Crippen molar-refractivity contribution in [3.63, 3.8) is 0 Å². The van der Waals surface area contributed by atoms with Crippen LogP contribution in [0.25, 0.3) is 0 Å². The number of thioether (sulfide) groups is 1. The Hall–Kier alpha value is -3.50. The maximum absolute atomic E-state index is 13.4. The van der Waals surface area contributed by atoms with Gasteiger partial charge in [-0.25, -0.2) is 13.8 Å². The quantitative estimate of drug-likeness (QED) is 0.264. The average Bonchev–Trinajstić information content (AvgIpc) is 2.84. The third kappa shape index (κ3) is 5.89. The lowest BCUT2D eigenvalue weighted by atomic mass is 10.2. The van der Waals surface area contributed by atoms with Crippen molar-refractivity contribution in [1.29, 1.82) is 0 Å². The van der Waals surface area contributed by atoms with Gasteiger partial charge in [-0.2, -0.15) is 5.10 Å². The first-order valence-electron chi connectivity index (χ1n) is 10.2. The minimum absolute atomic E-state index is 0.0727. The van der Waals surface area contributed by atoms with Crippen LogP contribution in [0.2, 0.25) is 0 Å². The number of phenolic OH excluding ortho intramolecular Hbond substituents is 1. The lowest BCUT2D eigenvalue weighted by molar-refractivity contribution is -0.119. The van der Waals surface area contributed by atoms with Crippen LogP contribution in [0.3, 0.4) is 0 Å². The van der Waals surface area contributed by atoms with Crippen molar-refractivity contribution in [1.82, 2.24) is 5.43 Å². The van der Waals surface area contributed by atoms with Gasteiger partial charge >= 0.3 is 0 Å². The summed E-state index contributed by atoms with van der Waals surface area (Å²) in [5, 5.41) is 14.0. The molecule has 1 amide bonds. The van der Waals surface area contributed by atoms with Crippen molar-refractivity contribution in [2.75, 3.05) is 24.2 Å². The van der Waals surface area contributed by atoms with E-state index in [4.69, 9.17) is 4.74 Å². The number of ether oxygens (including phenoxy) is 1. The smallest absolute Gasteiger partial charge is 0.264 e. The number of carbonyl (C=O) groups excluding carboxylic acids is 1. The summed E-state index contributed by atoms with van der Waals surface area (Å²) in [6.45, 7) is 1.40. The molecule has 0 aliphatic carbocycles.